The van der Waals surface area contributed by atoms with E-state index in [1.54, 1.807) is 7.11 Å². The zero-order valence-corrected chi connectivity index (χ0v) is 14.7. The largest absolute Gasteiger partial charge is 0.497 e. The van der Waals surface area contributed by atoms with Gasteiger partial charge in [-0.05, 0) is 66.6 Å². The lowest BCUT2D eigenvalue weighted by molar-refractivity contribution is -0.120. The molecule has 3 rings (SSSR count). The molecule has 25 heavy (non-hydrogen) atoms. The van der Waals surface area contributed by atoms with Gasteiger partial charge < -0.3 is 14.8 Å². The molecular formula is C21H25NO3. The molecular weight excluding hydrogens is 314 g/mol. The fourth-order valence-electron chi connectivity index (χ4n) is 3.15. The number of methoxy groups -OCH3 is 1. The third kappa shape index (κ3) is 4.99. The van der Waals surface area contributed by atoms with Crippen LogP contribution in [0.25, 0.3) is 0 Å². The lowest BCUT2D eigenvalue weighted by atomic mass is 9.92. The minimum Gasteiger partial charge on any atom is -0.497 e. The molecule has 0 unspecified atom stereocenters. The molecule has 0 bridgehead atoms. The number of ether oxygens (including phenoxy) is 2. The molecule has 0 saturated carbocycles. The van der Waals surface area contributed by atoms with Gasteiger partial charge in [0, 0.05) is 0 Å². The highest BCUT2D eigenvalue weighted by molar-refractivity contribution is 5.78. The second kappa shape index (κ2) is 8.56. The van der Waals surface area contributed by atoms with Gasteiger partial charge in [0.25, 0.3) is 0 Å². The van der Waals surface area contributed by atoms with Crippen molar-refractivity contribution < 1.29 is 14.3 Å². The standard InChI is InChI=1S/C21H25NO3/c1-24-19-9-6-16(7-10-19)14-21(23)22-12-13-25-20-11-8-17-4-2-3-5-18(17)15-20/h6-11,15H,2-5,12-14H2,1H3,(H,22,23). The van der Waals surface area contributed by atoms with E-state index in [1.807, 2.05) is 30.3 Å². The lowest BCUT2D eigenvalue weighted by Crippen LogP contribution is -2.29. The lowest BCUT2D eigenvalue weighted by Gasteiger charge is -2.17. The molecule has 4 nitrogen and oxygen atoms in total. The van der Waals surface area contributed by atoms with Gasteiger partial charge in [0.05, 0.1) is 20.1 Å². The van der Waals surface area contributed by atoms with E-state index < -0.39 is 0 Å². The van der Waals surface area contributed by atoms with E-state index in [1.165, 1.54) is 30.4 Å². The molecule has 1 amide bonds. The zero-order chi connectivity index (χ0) is 17.5. The van der Waals surface area contributed by atoms with Crippen molar-refractivity contribution in [3.8, 4) is 11.5 Å². The van der Waals surface area contributed by atoms with E-state index >= 15 is 0 Å². The quantitative estimate of drug-likeness (QED) is 0.787. The molecule has 132 valence electrons. The number of amides is 1. The van der Waals surface area contributed by atoms with Gasteiger partial charge >= 0.3 is 0 Å². The molecule has 0 aliphatic heterocycles. The summed E-state index contributed by atoms with van der Waals surface area (Å²) in [6, 6.07) is 13.9. The Bertz CT molecular complexity index is 710. The van der Waals surface area contributed by atoms with Gasteiger partial charge in [-0.2, -0.15) is 0 Å². The Morgan fingerprint density at radius 2 is 1.72 bits per heavy atom. The molecule has 0 atom stereocenters. The van der Waals surface area contributed by atoms with E-state index in [0.717, 1.165) is 23.5 Å². The van der Waals surface area contributed by atoms with Gasteiger partial charge in [0.2, 0.25) is 5.91 Å². The van der Waals surface area contributed by atoms with Gasteiger partial charge in [-0.3, -0.25) is 4.79 Å². The zero-order valence-electron chi connectivity index (χ0n) is 14.7. The number of hydrogen-bond donors (Lipinski definition) is 1. The Morgan fingerprint density at radius 3 is 2.48 bits per heavy atom. The first-order chi connectivity index (χ1) is 12.2. The minimum atomic E-state index is -0.000734. The van der Waals surface area contributed by atoms with Crippen molar-refractivity contribution in [3.63, 3.8) is 0 Å². The van der Waals surface area contributed by atoms with Crippen LogP contribution in [0.15, 0.2) is 42.5 Å². The molecule has 0 saturated heterocycles. The van der Waals surface area contributed by atoms with Crippen LogP contribution >= 0.6 is 0 Å². The first-order valence-corrected chi connectivity index (χ1v) is 8.89. The molecule has 4 heteroatoms. The molecule has 1 aliphatic rings. The maximum absolute atomic E-state index is 12.0. The monoisotopic (exact) mass is 339 g/mol. The van der Waals surface area contributed by atoms with Crippen LogP contribution in [0.5, 0.6) is 11.5 Å². The number of nitrogens with one attached hydrogen (secondary N) is 1. The van der Waals surface area contributed by atoms with Crippen LogP contribution in [-0.4, -0.2) is 26.2 Å². The number of carbonyl (C=O) groups excluding carboxylic acids is 1. The number of benzene rings is 2. The van der Waals surface area contributed by atoms with Gasteiger partial charge in [0.1, 0.15) is 18.1 Å². The minimum absolute atomic E-state index is 0.000734. The van der Waals surface area contributed by atoms with Gasteiger partial charge in [-0.25, -0.2) is 0 Å². The second-order valence-electron chi connectivity index (χ2n) is 6.36. The number of aryl methyl sites for hydroxylation is 2. The summed E-state index contributed by atoms with van der Waals surface area (Å²) in [5, 5.41) is 2.90. The molecule has 0 aromatic heterocycles. The van der Waals surface area contributed by atoms with Gasteiger partial charge in [0.15, 0.2) is 0 Å². The Balaban J connectivity index is 1.39. The van der Waals surface area contributed by atoms with E-state index in [2.05, 4.69) is 17.4 Å². The normalized spacial score (nSPS) is 13.0. The van der Waals surface area contributed by atoms with E-state index in [9.17, 15) is 4.79 Å². The first kappa shape index (κ1) is 17.3. The third-order valence-corrected chi connectivity index (χ3v) is 4.54. The van der Waals surface area contributed by atoms with E-state index in [0.29, 0.717) is 19.6 Å². The molecule has 1 N–H and O–H groups in total. The van der Waals surface area contributed by atoms with Crippen LogP contribution in [0, 0.1) is 0 Å². The predicted molar refractivity (Wildman–Crippen MR) is 98.3 cm³/mol. The van der Waals surface area contributed by atoms with Crippen LogP contribution in [0.1, 0.15) is 29.5 Å². The number of fused-ring (bicyclic) bond motifs is 1. The highest BCUT2D eigenvalue weighted by Gasteiger charge is 2.10. The Hall–Kier alpha value is -2.49. The van der Waals surface area contributed by atoms with Crippen molar-refractivity contribution in [3.05, 3.63) is 59.2 Å². The van der Waals surface area contributed by atoms with Crippen molar-refractivity contribution in [2.24, 2.45) is 0 Å². The summed E-state index contributed by atoms with van der Waals surface area (Å²) in [5.74, 6) is 1.69. The van der Waals surface area contributed by atoms with Crippen molar-refractivity contribution in [1.82, 2.24) is 5.32 Å². The Morgan fingerprint density at radius 1 is 1.00 bits per heavy atom. The SMILES string of the molecule is COc1ccc(CC(=O)NCCOc2ccc3c(c2)CCCC3)cc1. The predicted octanol–water partition coefficient (Wildman–Crippen LogP) is 3.31. The highest BCUT2D eigenvalue weighted by Crippen LogP contribution is 2.25. The molecule has 0 radical (unpaired) electrons. The summed E-state index contributed by atoms with van der Waals surface area (Å²) >= 11 is 0. The number of hydrogen-bond acceptors (Lipinski definition) is 3. The van der Waals surface area contributed by atoms with Crippen LogP contribution < -0.4 is 14.8 Å². The summed E-state index contributed by atoms with van der Waals surface area (Å²) in [7, 11) is 1.63. The summed E-state index contributed by atoms with van der Waals surface area (Å²) in [6.45, 7) is 0.985. The van der Waals surface area contributed by atoms with Crippen molar-refractivity contribution in [2.45, 2.75) is 32.1 Å². The van der Waals surface area contributed by atoms with Crippen LogP contribution in [0.3, 0.4) is 0 Å². The summed E-state index contributed by atoms with van der Waals surface area (Å²) in [5.41, 5.74) is 3.83. The smallest absolute Gasteiger partial charge is 0.224 e. The Kier molecular flexibility index (Phi) is 5.94. The van der Waals surface area contributed by atoms with Crippen LogP contribution in [0.4, 0.5) is 0 Å². The van der Waals surface area contributed by atoms with Crippen molar-refractivity contribution in [2.75, 3.05) is 20.3 Å². The summed E-state index contributed by atoms with van der Waals surface area (Å²) in [6.07, 6.45) is 5.23. The third-order valence-electron chi connectivity index (χ3n) is 4.54. The maximum Gasteiger partial charge on any atom is 0.224 e. The molecule has 0 fully saturated rings. The van der Waals surface area contributed by atoms with Gasteiger partial charge in [-0.1, -0.05) is 18.2 Å². The van der Waals surface area contributed by atoms with Crippen molar-refractivity contribution in [1.29, 1.82) is 0 Å². The molecule has 2 aromatic rings. The molecule has 0 spiro atoms. The average Bonchev–Trinajstić information content (AvgIpc) is 2.66. The molecule has 0 heterocycles. The fourth-order valence-corrected chi connectivity index (χ4v) is 3.15. The fraction of sp³-hybridized carbons (Fsp3) is 0.381. The van der Waals surface area contributed by atoms with Crippen LogP contribution in [0.2, 0.25) is 0 Å². The average molecular weight is 339 g/mol. The summed E-state index contributed by atoms with van der Waals surface area (Å²) < 4.78 is 10.9. The number of carbonyl (C=O) groups is 1. The second-order valence-corrected chi connectivity index (χ2v) is 6.36. The highest BCUT2D eigenvalue weighted by atomic mass is 16.5. The van der Waals surface area contributed by atoms with Gasteiger partial charge in [-0.15, -0.1) is 0 Å². The number of rotatable bonds is 7. The van der Waals surface area contributed by atoms with Crippen molar-refractivity contribution >= 4 is 5.91 Å². The molecule has 1 aliphatic carbocycles. The Labute approximate surface area is 149 Å². The summed E-state index contributed by atoms with van der Waals surface area (Å²) in [4.78, 5) is 12.0. The maximum atomic E-state index is 12.0. The molecule has 2 aromatic carbocycles. The van der Waals surface area contributed by atoms with Crippen LogP contribution in [-0.2, 0) is 24.1 Å². The van der Waals surface area contributed by atoms with E-state index in [-0.39, 0.29) is 5.91 Å². The topological polar surface area (TPSA) is 47.6 Å². The first-order valence-electron chi connectivity index (χ1n) is 8.89. The van der Waals surface area contributed by atoms with E-state index in [4.69, 9.17) is 9.47 Å².